The molecule has 3 aromatic carbocycles. The quantitative estimate of drug-likeness (QED) is 0.371. The fourth-order valence-corrected chi connectivity index (χ4v) is 4.39. The van der Waals surface area contributed by atoms with Gasteiger partial charge < -0.3 is 10.1 Å². The van der Waals surface area contributed by atoms with Crippen LogP contribution in [-0.4, -0.2) is 20.9 Å². The second kappa shape index (κ2) is 12.3. The molecule has 0 saturated carbocycles. The lowest BCUT2D eigenvalue weighted by Crippen LogP contribution is -2.24. The minimum absolute atomic E-state index is 0.0192. The summed E-state index contributed by atoms with van der Waals surface area (Å²) in [6, 6.07) is 20.0. The smallest absolute Gasteiger partial charge is 0.240 e. The van der Waals surface area contributed by atoms with E-state index in [1.165, 1.54) is 30.3 Å². The van der Waals surface area contributed by atoms with Crippen molar-refractivity contribution < 1.29 is 22.3 Å². The van der Waals surface area contributed by atoms with Crippen LogP contribution in [0.4, 0.5) is 4.39 Å². The fraction of sp³-hybridized carbons (Fsp3) is 0.269. The highest BCUT2D eigenvalue weighted by atomic mass is 32.2. The van der Waals surface area contributed by atoms with Gasteiger partial charge in [-0.05, 0) is 72.9 Å². The number of ether oxygens (including phenoxy) is 1. The van der Waals surface area contributed by atoms with Crippen molar-refractivity contribution in [3.8, 4) is 5.75 Å². The Morgan fingerprint density at radius 3 is 2.41 bits per heavy atom. The van der Waals surface area contributed by atoms with E-state index in [0.29, 0.717) is 30.6 Å². The van der Waals surface area contributed by atoms with E-state index in [1.807, 2.05) is 31.2 Å². The normalized spacial score (nSPS) is 11.2. The maximum Gasteiger partial charge on any atom is 0.240 e. The van der Waals surface area contributed by atoms with Gasteiger partial charge in [0.1, 0.15) is 11.6 Å². The van der Waals surface area contributed by atoms with Gasteiger partial charge in [-0.2, -0.15) is 0 Å². The van der Waals surface area contributed by atoms with Gasteiger partial charge in [0.25, 0.3) is 0 Å². The van der Waals surface area contributed by atoms with Crippen LogP contribution in [-0.2, 0) is 27.9 Å². The summed E-state index contributed by atoms with van der Waals surface area (Å²) in [4.78, 5) is 12.2. The number of rotatable bonds is 12. The number of amides is 1. The third-order valence-corrected chi connectivity index (χ3v) is 6.51. The van der Waals surface area contributed by atoms with Crippen molar-refractivity contribution in [1.29, 1.82) is 0 Å². The first-order valence-corrected chi connectivity index (χ1v) is 12.6. The standard InChI is InChI=1S/C26H29FN2O4S/c1-20-7-4-11-24(15-20)33-14-3-2-13-26(30)28-18-22-9-6-12-25(17-22)34(31,32)29-19-21-8-5-10-23(27)16-21/h4-12,15-17,29H,2-3,13-14,18-19H2,1H3,(H,28,30). The molecule has 1 amide bonds. The maximum atomic E-state index is 13.3. The number of carbonyl (C=O) groups is 1. The van der Waals surface area contributed by atoms with Crippen molar-refractivity contribution in [2.75, 3.05) is 6.61 Å². The Morgan fingerprint density at radius 1 is 0.912 bits per heavy atom. The van der Waals surface area contributed by atoms with Crippen molar-refractivity contribution in [3.63, 3.8) is 0 Å². The molecule has 0 aromatic heterocycles. The molecule has 0 saturated heterocycles. The zero-order valence-corrected chi connectivity index (χ0v) is 19.9. The molecule has 0 aliphatic rings. The van der Waals surface area contributed by atoms with Gasteiger partial charge in [0, 0.05) is 19.5 Å². The molecule has 180 valence electrons. The molecule has 0 spiro atoms. The Bertz CT molecular complexity index is 1210. The minimum Gasteiger partial charge on any atom is -0.494 e. The molecule has 0 atom stereocenters. The first kappa shape index (κ1) is 25.4. The molecule has 0 unspecified atom stereocenters. The van der Waals surface area contributed by atoms with Crippen LogP contribution >= 0.6 is 0 Å². The van der Waals surface area contributed by atoms with Gasteiger partial charge in [-0.3, -0.25) is 4.79 Å². The Morgan fingerprint density at radius 2 is 1.65 bits per heavy atom. The molecule has 0 aliphatic heterocycles. The molecular formula is C26H29FN2O4S. The zero-order valence-electron chi connectivity index (χ0n) is 19.1. The Hall–Kier alpha value is -3.23. The van der Waals surface area contributed by atoms with Gasteiger partial charge in [0.15, 0.2) is 0 Å². The molecule has 8 heteroatoms. The van der Waals surface area contributed by atoms with E-state index in [1.54, 1.807) is 18.2 Å². The summed E-state index contributed by atoms with van der Waals surface area (Å²) in [7, 11) is -3.78. The number of hydrogen-bond donors (Lipinski definition) is 2. The van der Waals surface area contributed by atoms with Crippen LogP contribution in [0.5, 0.6) is 5.75 Å². The minimum atomic E-state index is -3.78. The Balaban J connectivity index is 1.41. The van der Waals surface area contributed by atoms with E-state index in [-0.39, 0.29) is 23.9 Å². The average Bonchev–Trinajstić information content (AvgIpc) is 2.82. The molecule has 34 heavy (non-hydrogen) atoms. The summed E-state index contributed by atoms with van der Waals surface area (Å²) >= 11 is 0. The first-order chi connectivity index (χ1) is 16.3. The topological polar surface area (TPSA) is 84.5 Å². The third kappa shape index (κ3) is 8.28. The Kier molecular flexibility index (Phi) is 9.18. The van der Waals surface area contributed by atoms with Crippen LogP contribution in [0.15, 0.2) is 77.7 Å². The van der Waals surface area contributed by atoms with Crippen LogP contribution in [0.1, 0.15) is 36.0 Å². The average molecular weight is 485 g/mol. The monoisotopic (exact) mass is 484 g/mol. The molecule has 3 rings (SSSR count). The van der Waals surface area contributed by atoms with E-state index in [2.05, 4.69) is 10.0 Å². The number of carbonyl (C=O) groups excluding carboxylic acids is 1. The summed E-state index contributed by atoms with van der Waals surface area (Å²) < 4.78 is 46.7. The van der Waals surface area contributed by atoms with Crippen LogP contribution in [0.25, 0.3) is 0 Å². The van der Waals surface area contributed by atoms with E-state index >= 15 is 0 Å². The van der Waals surface area contributed by atoms with Gasteiger partial charge in [0.2, 0.25) is 15.9 Å². The number of benzene rings is 3. The predicted molar refractivity (Wildman–Crippen MR) is 129 cm³/mol. The molecule has 3 aromatic rings. The van der Waals surface area contributed by atoms with Gasteiger partial charge in [-0.25, -0.2) is 17.5 Å². The molecule has 0 bridgehead atoms. The van der Waals surface area contributed by atoms with Crippen LogP contribution < -0.4 is 14.8 Å². The van der Waals surface area contributed by atoms with Gasteiger partial charge in [0.05, 0.1) is 11.5 Å². The number of unbranched alkanes of at least 4 members (excludes halogenated alkanes) is 1. The fourth-order valence-electron chi connectivity index (χ4n) is 3.30. The molecular weight excluding hydrogens is 455 g/mol. The van der Waals surface area contributed by atoms with Crippen molar-refractivity contribution in [3.05, 3.63) is 95.3 Å². The highest BCUT2D eigenvalue weighted by Gasteiger charge is 2.14. The zero-order chi connectivity index (χ0) is 24.4. The van der Waals surface area contributed by atoms with Crippen LogP contribution in [0.3, 0.4) is 0 Å². The summed E-state index contributed by atoms with van der Waals surface area (Å²) in [6.07, 6.45) is 1.81. The lowest BCUT2D eigenvalue weighted by atomic mass is 10.2. The highest BCUT2D eigenvalue weighted by Crippen LogP contribution is 2.14. The van der Waals surface area contributed by atoms with Crippen molar-refractivity contribution in [1.82, 2.24) is 10.0 Å². The number of hydrogen-bond acceptors (Lipinski definition) is 4. The largest absolute Gasteiger partial charge is 0.494 e. The van der Waals surface area contributed by atoms with E-state index in [0.717, 1.165) is 17.7 Å². The van der Waals surface area contributed by atoms with Crippen LogP contribution in [0.2, 0.25) is 0 Å². The maximum absolute atomic E-state index is 13.3. The van der Waals surface area contributed by atoms with Crippen LogP contribution in [0, 0.1) is 12.7 Å². The second-order valence-electron chi connectivity index (χ2n) is 8.00. The molecule has 0 radical (unpaired) electrons. The molecule has 6 nitrogen and oxygen atoms in total. The lowest BCUT2D eigenvalue weighted by molar-refractivity contribution is -0.121. The number of sulfonamides is 1. The number of aryl methyl sites for hydroxylation is 1. The highest BCUT2D eigenvalue weighted by molar-refractivity contribution is 7.89. The van der Waals surface area contributed by atoms with Crippen molar-refractivity contribution in [2.24, 2.45) is 0 Å². The van der Waals surface area contributed by atoms with Crippen molar-refractivity contribution >= 4 is 15.9 Å². The van der Waals surface area contributed by atoms with Gasteiger partial charge in [-0.1, -0.05) is 36.4 Å². The molecule has 0 heterocycles. The first-order valence-electron chi connectivity index (χ1n) is 11.1. The summed E-state index contributed by atoms with van der Waals surface area (Å²) in [5, 5.41) is 2.82. The lowest BCUT2D eigenvalue weighted by Gasteiger charge is -2.10. The predicted octanol–water partition coefficient (Wildman–Crippen LogP) is 4.48. The molecule has 0 fully saturated rings. The number of halogens is 1. The van der Waals surface area contributed by atoms with E-state index in [4.69, 9.17) is 4.74 Å². The SMILES string of the molecule is Cc1cccc(OCCCCC(=O)NCc2cccc(S(=O)(=O)NCc3cccc(F)c3)c2)c1. The molecule has 0 aliphatic carbocycles. The third-order valence-electron chi connectivity index (χ3n) is 5.11. The molecule has 2 N–H and O–H groups in total. The van der Waals surface area contributed by atoms with E-state index in [9.17, 15) is 17.6 Å². The summed E-state index contributed by atoms with van der Waals surface area (Å²) in [5.74, 6) is 0.297. The van der Waals surface area contributed by atoms with Gasteiger partial charge in [-0.15, -0.1) is 0 Å². The Labute approximate surface area is 200 Å². The second-order valence-corrected chi connectivity index (χ2v) is 9.77. The summed E-state index contributed by atoms with van der Waals surface area (Å²) in [6.45, 7) is 2.76. The summed E-state index contributed by atoms with van der Waals surface area (Å²) in [5.41, 5.74) is 2.33. The van der Waals surface area contributed by atoms with Gasteiger partial charge >= 0.3 is 0 Å². The van der Waals surface area contributed by atoms with E-state index < -0.39 is 15.8 Å². The number of nitrogens with one attached hydrogen (secondary N) is 2. The van der Waals surface area contributed by atoms with Crippen molar-refractivity contribution in [2.45, 2.75) is 44.2 Å².